The van der Waals surface area contributed by atoms with E-state index in [-0.39, 0.29) is 17.9 Å². The molecule has 0 aromatic heterocycles. The van der Waals surface area contributed by atoms with Gasteiger partial charge in [0.25, 0.3) is 11.7 Å². The summed E-state index contributed by atoms with van der Waals surface area (Å²) >= 11 is 0. The molecular formula is C33H37NO6. The third-order valence-corrected chi connectivity index (χ3v) is 6.68. The lowest BCUT2D eigenvalue weighted by molar-refractivity contribution is -0.140. The van der Waals surface area contributed by atoms with Crippen LogP contribution < -0.4 is 14.2 Å². The Bertz CT molecular complexity index is 1330. The van der Waals surface area contributed by atoms with Gasteiger partial charge >= 0.3 is 0 Å². The number of unbranched alkanes of at least 4 members (excludes halogenated alkanes) is 1. The van der Waals surface area contributed by atoms with Crippen molar-refractivity contribution in [3.05, 3.63) is 95.1 Å². The molecule has 1 fully saturated rings. The number of rotatable bonds is 13. The summed E-state index contributed by atoms with van der Waals surface area (Å²) in [4.78, 5) is 28.4. The van der Waals surface area contributed by atoms with E-state index >= 15 is 0 Å². The van der Waals surface area contributed by atoms with Gasteiger partial charge in [-0.3, -0.25) is 9.59 Å². The molecule has 1 aliphatic rings. The Morgan fingerprint density at radius 3 is 2.25 bits per heavy atom. The van der Waals surface area contributed by atoms with Crippen molar-refractivity contribution in [1.82, 2.24) is 4.90 Å². The summed E-state index contributed by atoms with van der Waals surface area (Å²) in [6.07, 6.45) is 2.79. The molecule has 7 nitrogen and oxygen atoms in total. The number of benzene rings is 3. The van der Waals surface area contributed by atoms with Crippen LogP contribution in [0.4, 0.5) is 0 Å². The maximum atomic E-state index is 13.5. The first kappa shape index (κ1) is 28.7. The highest BCUT2D eigenvalue weighted by atomic mass is 16.5. The van der Waals surface area contributed by atoms with Gasteiger partial charge in [-0.15, -0.1) is 0 Å². The fourth-order valence-corrected chi connectivity index (χ4v) is 4.66. The number of amides is 1. The number of hydrogen-bond donors (Lipinski definition) is 1. The van der Waals surface area contributed by atoms with Crippen molar-refractivity contribution in [3.8, 4) is 17.2 Å². The van der Waals surface area contributed by atoms with Crippen molar-refractivity contribution in [2.24, 2.45) is 0 Å². The Morgan fingerprint density at radius 1 is 0.825 bits per heavy atom. The quantitative estimate of drug-likeness (QED) is 0.112. The van der Waals surface area contributed by atoms with Crippen molar-refractivity contribution in [3.63, 3.8) is 0 Å². The van der Waals surface area contributed by atoms with Crippen molar-refractivity contribution in [2.45, 2.75) is 52.6 Å². The number of ketones is 1. The van der Waals surface area contributed by atoms with Crippen molar-refractivity contribution < 1.29 is 28.9 Å². The lowest BCUT2D eigenvalue weighted by Crippen LogP contribution is -2.29. The molecule has 4 rings (SSSR count). The number of ether oxygens (including phenoxy) is 3. The maximum absolute atomic E-state index is 13.5. The zero-order valence-corrected chi connectivity index (χ0v) is 23.4. The second-order valence-electron chi connectivity index (χ2n) is 9.63. The van der Waals surface area contributed by atoms with E-state index in [9.17, 15) is 14.7 Å². The molecule has 3 aromatic carbocycles. The smallest absolute Gasteiger partial charge is 0.295 e. The number of Topliss-reactive ketones (excluding diaryl/α,β-unsaturated/α-hetero) is 1. The molecule has 3 aromatic rings. The zero-order valence-electron chi connectivity index (χ0n) is 23.4. The topological polar surface area (TPSA) is 85.3 Å². The number of carbonyl (C=O) groups is 2. The molecule has 0 saturated carbocycles. The lowest BCUT2D eigenvalue weighted by Gasteiger charge is -2.26. The van der Waals surface area contributed by atoms with Gasteiger partial charge in [0.15, 0.2) is 11.5 Å². The molecular weight excluding hydrogens is 506 g/mol. The standard InChI is InChI=1S/C33H37NO6/c1-4-7-20-40-27-18-15-25(21-28(27)38-6-3)30-29(31(35)24-13-16-26(17-14-24)39-19-5-2)32(36)33(37)34(30)22-23-11-9-8-10-12-23/h8-18,21,30,35H,4-7,19-20,22H2,1-3H3. The molecule has 1 N–H and O–H groups in total. The number of likely N-dealkylation sites (tertiary alicyclic amines) is 1. The number of aliphatic hydroxyl groups is 1. The van der Waals surface area contributed by atoms with Crippen molar-refractivity contribution in [1.29, 1.82) is 0 Å². The van der Waals surface area contributed by atoms with Crippen LogP contribution in [-0.2, 0) is 16.1 Å². The molecule has 210 valence electrons. The predicted octanol–water partition coefficient (Wildman–Crippen LogP) is 6.67. The number of nitrogens with zero attached hydrogens (tertiary/aromatic N) is 1. The summed E-state index contributed by atoms with van der Waals surface area (Å²) in [6.45, 7) is 7.76. The summed E-state index contributed by atoms with van der Waals surface area (Å²) in [5.74, 6) is 0.160. The number of hydrogen-bond acceptors (Lipinski definition) is 6. The first-order valence-corrected chi connectivity index (χ1v) is 13.9. The Morgan fingerprint density at radius 2 is 1.57 bits per heavy atom. The van der Waals surface area contributed by atoms with E-state index in [0.29, 0.717) is 48.2 Å². The first-order chi connectivity index (χ1) is 19.5. The maximum Gasteiger partial charge on any atom is 0.295 e. The lowest BCUT2D eigenvalue weighted by atomic mass is 9.94. The van der Waals surface area contributed by atoms with Gasteiger partial charge in [-0.25, -0.2) is 0 Å². The van der Waals surface area contributed by atoms with Crippen molar-refractivity contribution >= 4 is 17.4 Å². The van der Waals surface area contributed by atoms with E-state index in [2.05, 4.69) is 6.92 Å². The summed E-state index contributed by atoms with van der Waals surface area (Å²) in [7, 11) is 0. The Hall–Kier alpha value is -4.26. The molecule has 0 aliphatic carbocycles. The van der Waals surface area contributed by atoms with Gasteiger partial charge in [-0.2, -0.15) is 0 Å². The van der Waals surface area contributed by atoms with Crippen LogP contribution in [0.25, 0.3) is 5.76 Å². The van der Waals surface area contributed by atoms with Gasteiger partial charge < -0.3 is 24.2 Å². The van der Waals surface area contributed by atoms with Crippen LogP contribution >= 0.6 is 0 Å². The van der Waals surface area contributed by atoms with Gasteiger partial charge in [0.1, 0.15) is 11.5 Å². The largest absolute Gasteiger partial charge is 0.507 e. The normalized spacial score (nSPS) is 16.3. The Kier molecular flexibility index (Phi) is 9.84. The van der Waals surface area contributed by atoms with E-state index < -0.39 is 17.7 Å². The second kappa shape index (κ2) is 13.7. The fraction of sp³-hybridized carbons (Fsp3) is 0.333. The SMILES string of the molecule is CCCCOc1ccc(C2C(=C(O)c3ccc(OCCC)cc3)C(=O)C(=O)N2Cc2ccccc2)cc1OCC. The minimum absolute atomic E-state index is 0.0326. The highest BCUT2D eigenvalue weighted by Gasteiger charge is 2.46. The van der Waals surface area contributed by atoms with E-state index in [4.69, 9.17) is 14.2 Å². The van der Waals surface area contributed by atoms with Crippen molar-refractivity contribution in [2.75, 3.05) is 19.8 Å². The molecule has 0 spiro atoms. The van der Waals surface area contributed by atoms with Crippen LogP contribution in [0.1, 0.15) is 62.8 Å². The molecule has 1 amide bonds. The van der Waals surface area contributed by atoms with E-state index in [1.165, 1.54) is 4.90 Å². The molecule has 1 atom stereocenters. The number of carbonyl (C=O) groups excluding carboxylic acids is 2. The predicted molar refractivity (Wildman–Crippen MR) is 155 cm³/mol. The second-order valence-corrected chi connectivity index (χ2v) is 9.63. The summed E-state index contributed by atoms with van der Waals surface area (Å²) < 4.78 is 17.5. The van der Waals surface area contributed by atoms with Gasteiger partial charge in [-0.1, -0.05) is 56.7 Å². The van der Waals surface area contributed by atoms with Gasteiger partial charge in [0, 0.05) is 12.1 Å². The average Bonchev–Trinajstić information content (AvgIpc) is 3.22. The third kappa shape index (κ3) is 6.47. The Balaban J connectivity index is 1.80. The van der Waals surface area contributed by atoms with Gasteiger partial charge in [0.05, 0.1) is 31.4 Å². The minimum atomic E-state index is -0.819. The van der Waals surface area contributed by atoms with Crippen LogP contribution in [0.2, 0.25) is 0 Å². The van der Waals surface area contributed by atoms with Crippen LogP contribution in [0.15, 0.2) is 78.4 Å². The molecule has 0 bridgehead atoms. The molecule has 1 saturated heterocycles. The van der Waals surface area contributed by atoms with Crippen LogP contribution in [0.5, 0.6) is 17.2 Å². The molecule has 7 heteroatoms. The Labute approximate surface area is 236 Å². The summed E-state index contributed by atoms with van der Waals surface area (Å²) in [6, 6.07) is 21.0. The molecule has 1 heterocycles. The fourth-order valence-electron chi connectivity index (χ4n) is 4.66. The van der Waals surface area contributed by atoms with Crippen LogP contribution in [-0.4, -0.2) is 41.5 Å². The van der Waals surface area contributed by atoms with Gasteiger partial charge in [-0.05, 0) is 67.3 Å². The number of aliphatic hydroxyl groups excluding tert-OH is 1. The molecule has 0 radical (unpaired) electrons. The van der Waals surface area contributed by atoms with E-state index in [1.807, 2.05) is 50.2 Å². The highest BCUT2D eigenvalue weighted by molar-refractivity contribution is 6.46. The van der Waals surface area contributed by atoms with Gasteiger partial charge in [0.2, 0.25) is 0 Å². The van der Waals surface area contributed by atoms with Crippen LogP contribution in [0.3, 0.4) is 0 Å². The summed E-state index contributed by atoms with van der Waals surface area (Å²) in [5.41, 5.74) is 1.98. The zero-order chi connectivity index (χ0) is 28.5. The monoisotopic (exact) mass is 543 g/mol. The molecule has 40 heavy (non-hydrogen) atoms. The highest BCUT2D eigenvalue weighted by Crippen LogP contribution is 2.43. The molecule has 1 aliphatic heterocycles. The van der Waals surface area contributed by atoms with E-state index in [1.54, 1.807) is 36.4 Å². The third-order valence-electron chi connectivity index (χ3n) is 6.68. The van der Waals surface area contributed by atoms with E-state index in [0.717, 1.165) is 24.8 Å². The minimum Gasteiger partial charge on any atom is -0.507 e. The first-order valence-electron chi connectivity index (χ1n) is 13.9. The molecule has 1 unspecified atom stereocenters. The average molecular weight is 544 g/mol. The van der Waals surface area contributed by atoms with Crippen LogP contribution in [0, 0.1) is 0 Å². The summed E-state index contributed by atoms with van der Waals surface area (Å²) in [5, 5.41) is 11.4.